The summed E-state index contributed by atoms with van der Waals surface area (Å²) in [6.07, 6.45) is 0.545. The molecule has 1 aliphatic heterocycles. The van der Waals surface area contributed by atoms with Crippen LogP contribution in [0.15, 0.2) is 82.1 Å². The molecule has 0 amide bonds. The zero-order valence-corrected chi connectivity index (χ0v) is 20.1. The molecule has 1 atom stereocenters. The number of fused-ring (bicyclic) bond motifs is 1. The zero-order valence-electron chi connectivity index (χ0n) is 18.5. The average molecular weight is 495 g/mol. The lowest BCUT2D eigenvalue weighted by molar-refractivity contribution is 0.524. The monoisotopic (exact) mass is 494 g/mol. The molecule has 3 aromatic carbocycles. The molecule has 0 aliphatic carbocycles. The van der Waals surface area contributed by atoms with Gasteiger partial charge in [0.1, 0.15) is 0 Å². The minimum Gasteiger partial charge on any atom is -0.421 e. The van der Waals surface area contributed by atoms with E-state index in [1.54, 1.807) is 31.2 Å². The summed E-state index contributed by atoms with van der Waals surface area (Å²) in [6.45, 7) is 2.89. The predicted octanol–water partition coefficient (Wildman–Crippen LogP) is 4.61. The van der Waals surface area contributed by atoms with E-state index in [1.807, 2.05) is 36.4 Å². The van der Waals surface area contributed by atoms with Gasteiger partial charge in [0.25, 0.3) is 0 Å². The van der Waals surface area contributed by atoms with Crippen LogP contribution >= 0.6 is 11.6 Å². The fourth-order valence-corrected chi connectivity index (χ4v) is 5.72. The second kappa shape index (κ2) is 9.21. The van der Waals surface area contributed by atoms with Crippen LogP contribution in [0.4, 0.5) is 5.69 Å². The number of rotatable bonds is 6. The molecule has 4 aromatic rings. The highest BCUT2D eigenvalue weighted by molar-refractivity contribution is 7.89. The number of hydrogen-bond donors (Lipinski definition) is 1. The first kappa shape index (κ1) is 22.6. The van der Waals surface area contributed by atoms with Gasteiger partial charge in [0.2, 0.25) is 21.8 Å². The Kier molecular flexibility index (Phi) is 6.12. The Morgan fingerprint density at radius 3 is 2.65 bits per heavy atom. The van der Waals surface area contributed by atoms with E-state index in [-0.39, 0.29) is 16.8 Å². The Balaban J connectivity index is 1.41. The maximum atomic E-state index is 13.3. The molecule has 0 radical (unpaired) electrons. The average Bonchev–Trinajstić information content (AvgIpc) is 3.26. The third-order valence-electron chi connectivity index (χ3n) is 5.74. The largest absolute Gasteiger partial charge is 0.421 e. The number of sulfonamides is 1. The number of hydrogen-bond acceptors (Lipinski definition) is 6. The van der Waals surface area contributed by atoms with Crippen molar-refractivity contribution in [1.29, 1.82) is 0 Å². The van der Waals surface area contributed by atoms with E-state index < -0.39 is 10.0 Å². The topological polar surface area (TPSA) is 88.3 Å². The first-order chi connectivity index (χ1) is 16.4. The normalized spacial score (nSPS) is 15.8. The van der Waals surface area contributed by atoms with Gasteiger partial charge in [-0.3, -0.25) is 0 Å². The molecular formula is C25H23ClN4O3S. The van der Waals surface area contributed by atoms with Crippen LogP contribution in [0.3, 0.4) is 0 Å². The van der Waals surface area contributed by atoms with Crippen molar-refractivity contribution in [3.8, 4) is 11.5 Å². The smallest absolute Gasteiger partial charge is 0.247 e. The molecule has 7 nitrogen and oxygen atoms in total. The molecule has 2 heterocycles. The molecule has 174 valence electrons. The number of halogens is 1. The summed E-state index contributed by atoms with van der Waals surface area (Å²) < 4.78 is 35.0. The fourth-order valence-electron chi connectivity index (χ4n) is 4.25. The maximum Gasteiger partial charge on any atom is 0.247 e. The summed E-state index contributed by atoms with van der Waals surface area (Å²) in [7, 11) is -3.79. The lowest BCUT2D eigenvalue weighted by Crippen LogP contribution is -2.48. The van der Waals surface area contributed by atoms with E-state index in [0.29, 0.717) is 36.0 Å². The molecule has 1 aromatic heterocycles. The van der Waals surface area contributed by atoms with E-state index in [2.05, 4.69) is 32.0 Å². The van der Waals surface area contributed by atoms with Crippen molar-refractivity contribution in [3.05, 3.63) is 94.8 Å². The maximum absolute atomic E-state index is 13.3. The van der Waals surface area contributed by atoms with Crippen LogP contribution in [0.1, 0.15) is 17.0 Å². The Morgan fingerprint density at radius 1 is 1.06 bits per heavy atom. The lowest BCUT2D eigenvalue weighted by atomic mass is 9.98. The Bertz CT molecular complexity index is 1420. The van der Waals surface area contributed by atoms with Crippen LogP contribution in [0, 0.1) is 6.92 Å². The van der Waals surface area contributed by atoms with Gasteiger partial charge in [-0.05, 0) is 53.9 Å². The van der Waals surface area contributed by atoms with E-state index in [9.17, 15) is 8.42 Å². The number of nitrogens with one attached hydrogen (secondary N) is 1. The van der Waals surface area contributed by atoms with Crippen molar-refractivity contribution in [3.63, 3.8) is 0 Å². The number of aryl methyl sites for hydroxylation is 1. The van der Waals surface area contributed by atoms with E-state index in [1.165, 1.54) is 0 Å². The summed E-state index contributed by atoms with van der Waals surface area (Å²) in [5, 5.41) is 8.44. The van der Waals surface area contributed by atoms with Gasteiger partial charge in [0.15, 0.2) is 0 Å². The van der Waals surface area contributed by atoms with Gasteiger partial charge < -0.3 is 9.32 Å². The molecule has 1 aliphatic rings. The van der Waals surface area contributed by atoms with Gasteiger partial charge in [-0.2, -0.15) is 0 Å². The van der Waals surface area contributed by atoms with Gasteiger partial charge in [-0.1, -0.05) is 48.0 Å². The summed E-state index contributed by atoms with van der Waals surface area (Å²) in [6, 6.07) is 22.1. The van der Waals surface area contributed by atoms with E-state index in [0.717, 1.165) is 16.8 Å². The van der Waals surface area contributed by atoms with Crippen molar-refractivity contribution < 1.29 is 12.8 Å². The van der Waals surface area contributed by atoms with Crippen molar-refractivity contribution in [2.24, 2.45) is 0 Å². The van der Waals surface area contributed by atoms with Crippen LogP contribution in [-0.4, -0.2) is 31.2 Å². The van der Waals surface area contributed by atoms with Crippen LogP contribution < -0.4 is 9.62 Å². The SMILES string of the molecule is Cc1nnc(-c2cccc(S(=O)(=O)NC3Cc4cc(Cl)ccc4N(Cc4ccccc4)C3)c2)o1. The van der Waals surface area contributed by atoms with Gasteiger partial charge in [-0.25, -0.2) is 13.1 Å². The lowest BCUT2D eigenvalue weighted by Gasteiger charge is -2.36. The van der Waals surface area contributed by atoms with Crippen molar-refractivity contribution in [2.75, 3.05) is 11.4 Å². The number of aromatic nitrogens is 2. The molecule has 0 saturated heterocycles. The third kappa shape index (κ3) is 4.84. The second-order valence-electron chi connectivity index (χ2n) is 8.32. The Morgan fingerprint density at radius 2 is 1.88 bits per heavy atom. The summed E-state index contributed by atoms with van der Waals surface area (Å²) >= 11 is 6.26. The van der Waals surface area contributed by atoms with Crippen molar-refractivity contribution in [2.45, 2.75) is 30.8 Å². The fraction of sp³-hybridized carbons (Fsp3) is 0.200. The highest BCUT2D eigenvalue weighted by Gasteiger charge is 2.29. The number of nitrogens with zero attached hydrogens (tertiary/aromatic N) is 3. The van der Waals surface area contributed by atoms with Gasteiger partial charge in [0, 0.05) is 42.3 Å². The molecule has 0 bridgehead atoms. The standard InChI is InChI=1S/C25H23ClN4O3S/c1-17-27-28-25(33-17)19-8-5-9-23(14-19)34(31,32)29-22-13-20-12-21(26)10-11-24(20)30(16-22)15-18-6-3-2-4-7-18/h2-12,14,22,29H,13,15-16H2,1H3. The third-order valence-corrected chi connectivity index (χ3v) is 7.50. The first-order valence-corrected chi connectivity index (χ1v) is 12.7. The summed E-state index contributed by atoms with van der Waals surface area (Å²) in [4.78, 5) is 2.34. The zero-order chi connectivity index (χ0) is 23.7. The molecular weight excluding hydrogens is 472 g/mol. The van der Waals surface area contributed by atoms with Crippen molar-refractivity contribution >= 4 is 27.3 Å². The second-order valence-corrected chi connectivity index (χ2v) is 10.5. The Hall–Kier alpha value is -3.20. The minimum atomic E-state index is -3.79. The van der Waals surface area contributed by atoms with E-state index >= 15 is 0 Å². The molecule has 34 heavy (non-hydrogen) atoms. The van der Waals surface area contributed by atoms with Crippen LogP contribution in [0.2, 0.25) is 5.02 Å². The molecule has 5 rings (SSSR count). The van der Waals surface area contributed by atoms with Gasteiger partial charge in [0.05, 0.1) is 4.90 Å². The molecule has 0 fully saturated rings. The minimum absolute atomic E-state index is 0.146. The molecule has 0 spiro atoms. The van der Waals surface area contributed by atoms with Gasteiger partial charge >= 0.3 is 0 Å². The summed E-state index contributed by atoms with van der Waals surface area (Å²) in [5.41, 5.74) is 3.78. The quantitative estimate of drug-likeness (QED) is 0.421. The van der Waals surface area contributed by atoms with Crippen molar-refractivity contribution in [1.82, 2.24) is 14.9 Å². The highest BCUT2D eigenvalue weighted by atomic mass is 35.5. The highest BCUT2D eigenvalue weighted by Crippen LogP contribution is 2.31. The molecule has 1 N–H and O–H groups in total. The molecule has 9 heteroatoms. The first-order valence-electron chi connectivity index (χ1n) is 10.9. The molecule has 1 unspecified atom stereocenters. The number of benzene rings is 3. The predicted molar refractivity (Wildman–Crippen MR) is 131 cm³/mol. The van der Waals surface area contributed by atoms with Crippen LogP contribution in [-0.2, 0) is 23.0 Å². The summed E-state index contributed by atoms with van der Waals surface area (Å²) in [5.74, 6) is 0.698. The van der Waals surface area contributed by atoms with Gasteiger partial charge in [-0.15, -0.1) is 10.2 Å². The van der Waals surface area contributed by atoms with Crippen LogP contribution in [0.5, 0.6) is 0 Å². The molecule has 0 saturated carbocycles. The van der Waals surface area contributed by atoms with E-state index in [4.69, 9.17) is 16.0 Å². The number of anilines is 1. The Labute approximate surface area is 203 Å². The van der Waals surface area contributed by atoms with Crippen LogP contribution in [0.25, 0.3) is 11.5 Å².